The second-order valence-corrected chi connectivity index (χ2v) is 7.41. The molecule has 2 aromatic rings. The molecule has 1 unspecified atom stereocenters. The number of amides is 2. The van der Waals surface area contributed by atoms with Gasteiger partial charge in [0.2, 0.25) is 11.8 Å². The van der Waals surface area contributed by atoms with E-state index in [1.165, 1.54) is 5.56 Å². The number of benzene rings is 2. The molecule has 4 nitrogen and oxygen atoms in total. The molecule has 0 saturated carbocycles. The van der Waals surface area contributed by atoms with E-state index in [4.69, 9.17) is 0 Å². The van der Waals surface area contributed by atoms with Crippen molar-refractivity contribution >= 4 is 23.2 Å². The summed E-state index contributed by atoms with van der Waals surface area (Å²) in [6.45, 7) is 8.71. The average Bonchev–Trinajstić information content (AvgIpc) is 2.97. The summed E-state index contributed by atoms with van der Waals surface area (Å²) in [6, 6.07) is 13.9. The fraction of sp³-hybridized carbons (Fsp3) is 0.364. The van der Waals surface area contributed by atoms with E-state index in [1.54, 1.807) is 4.90 Å². The van der Waals surface area contributed by atoms with E-state index >= 15 is 0 Å². The van der Waals surface area contributed by atoms with Gasteiger partial charge >= 0.3 is 0 Å². The number of hydrogen-bond donors (Lipinski definition) is 1. The van der Waals surface area contributed by atoms with Gasteiger partial charge < -0.3 is 10.2 Å². The molecule has 1 aliphatic heterocycles. The summed E-state index contributed by atoms with van der Waals surface area (Å²) in [5.41, 5.74) is 5.07. The minimum atomic E-state index is -0.328. The smallest absolute Gasteiger partial charge is 0.229 e. The maximum atomic E-state index is 12.6. The zero-order chi connectivity index (χ0) is 18.8. The number of carbonyl (C=O) groups excluding carboxylic acids is 2. The molecule has 0 aliphatic carbocycles. The highest BCUT2D eigenvalue weighted by Gasteiger charge is 2.36. The van der Waals surface area contributed by atoms with Crippen LogP contribution in [0, 0.1) is 19.8 Å². The van der Waals surface area contributed by atoms with Gasteiger partial charge in [-0.15, -0.1) is 0 Å². The number of hydrogen-bond acceptors (Lipinski definition) is 2. The van der Waals surface area contributed by atoms with E-state index in [0.29, 0.717) is 12.5 Å². The van der Waals surface area contributed by atoms with Crippen molar-refractivity contribution in [2.75, 3.05) is 16.8 Å². The van der Waals surface area contributed by atoms with E-state index in [0.717, 1.165) is 22.5 Å². The molecule has 136 valence electrons. The molecule has 4 heteroatoms. The molecule has 1 N–H and O–H groups in total. The lowest BCUT2D eigenvalue weighted by Gasteiger charge is -2.21. The Hall–Kier alpha value is -2.62. The van der Waals surface area contributed by atoms with Crippen LogP contribution in [0.5, 0.6) is 0 Å². The van der Waals surface area contributed by atoms with Crippen LogP contribution in [0.3, 0.4) is 0 Å². The molecule has 2 amide bonds. The third-order valence-corrected chi connectivity index (χ3v) is 5.05. The standard InChI is InChI=1S/C22H26N2O2/c1-14(2)17-8-10-19(11-9-17)23-22(26)18-12-20(25)24(13-18)21-15(3)6-5-7-16(21)4/h5-11,14,18H,12-13H2,1-4H3,(H,23,26). The highest BCUT2D eigenvalue weighted by molar-refractivity contribution is 6.04. The van der Waals surface area contributed by atoms with Gasteiger partial charge in [0.25, 0.3) is 0 Å². The molecule has 2 aromatic carbocycles. The minimum absolute atomic E-state index is 0.0118. The Kier molecular flexibility index (Phi) is 5.12. The van der Waals surface area contributed by atoms with Gasteiger partial charge in [-0.05, 0) is 48.6 Å². The maximum absolute atomic E-state index is 12.6. The molecule has 3 rings (SSSR count). The number of anilines is 2. The van der Waals surface area contributed by atoms with Gasteiger partial charge in [0, 0.05) is 24.3 Å². The largest absolute Gasteiger partial charge is 0.326 e. The lowest BCUT2D eigenvalue weighted by Crippen LogP contribution is -2.29. The molecule has 0 spiro atoms. The van der Waals surface area contributed by atoms with Crippen molar-refractivity contribution in [2.24, 2.45) is 5.92 Å². The number of nitrogens with zero attached hydrogens (tertiary/aromatic N) is 1. The summed E-state index contributed by atoms with van der Waals surface area (Å²) in [6.07, 6.45) is 0.254. The van der Waals surface area contributed by atoms with Gasteiger partial charge in [-0.1, -0.05) is 44.2 Å². The Morgan fingerprint density at radius 3 is 2.27 bits per heavy atom. The molecule has 0 aromatic heterocycles. The fourth-order valence-electron chi connectivity index (χ4n) is 3.53. The quantitative estimate of drug-likeness (QED) is 0.887. The highest BCUT2D eigenvalue weighted by Crippen LogP contribution is 2.31. The van der Waals surface area contributed by atoms with Gasteiger partial charge in [-0.25, -0.2) is 0 Å². The topological polar surface area (TPSA) is 49.4 Å². The molecule has 1 heterocycles. The predicted molar refractivity (Wildman–Crippen MR) is 106 cm³/mol. The first-order chi connectivity index (χ1) is 12.4. The van der Waals surface area contributed by atoms with E-state index in [2.05, 4.69) is 19.2 Å². The first kappa shape index (κ1) is 18.2. The van der Waals surface area contributed by atoms with Crippen LogP contribution in [-0.4, -0.2) is 18.4 Å². The van der Waals surface area contributed by atoms with E-state index < -0.39 is 0 Å². The maximum Gasteiger partial charge on any atom is 0.229 e. The number of rotatable bonds is 4. The minimum Gasteiger partial charge on any atom is -0.326 e. The van der Waals surface area contributed by atoms with Crippen LogP contribution in [0.4, 0.5) is 11.4 Å². The molecule has 1 fully saturated rings. The molecule has 0 bridgehead atoms. The van der Waals surface area contributed by atoms with Crippen LogP contribution >= 0.6 is 0 Å². The zero-order valence-electron chi connectivity index (χ0n) is 15.9. The number of carbonyl (C=O) groups is 2. The highest BCUT2D eigenvalue weighted by atomic mass is 16.2. The summed E-state index contributed by atoms with van der Waals surface area (Å²) in [5.74, 6) is 0.0477. The van der Waals surface area contributed by atoms with Crippen LogP contribution in [-0.2, 0) is 9.59 Å². The molecule has 1 saturated heterocycles. The van der Waals surface area contributed by atoms with Gasteiger partial charge in [0.05, 0.1) is 5.92 Å². The Morgan fingerprint density at radius 1 is 1.08 bits per heavy atom. The van der Waals surface area contributed by atoms with Gasteiger partial charge in [0.1, 0.15) is 0 Å². The Labute approximate surface area is 155 Å². The number of para-hydroxylation sites is 1. The van der Waals surface area contributed by atoms with Crippen LogP contribution in [0.15, 0.2) is 42.5 Å². The molecule has 1 aliphatic rings. The summed E-state index contributed by atoms with van der Waals surface area (Å²) < 4.78 is 0. The lowest BCUT2D eigenvalue weighted by molar-refractivity contribution is -0.122. The monoisotopic (exact) mass is 350 g/mol. The zero-order valence-corrected chi connectivity index (χ0v) is 15.9. The number of aryl methyl sites for hydroxylation is 2. The van der Waals surface area contributed by atoms with Crippen molar-refractivity contribution in [2.45, 2.75) is 40.0 Å². The van der Waals surface area contributed by atoms with Crippen molar-refractivity contribution in [3.63, 3.8) is 0 Å². The number of nitrogens with one attached hydrogen (secondary N) is 1. The van der Waals surface area contributed by atoms with Crippen molar-refractivity contribution in [1.29, 1.82) is 0 Å². The fourth-order valence-corrected chi connectivity index (χ4v) is 3.53. The third-order valence-electron chi connectivity index (χ3n) is 5.05. The lowest BCUT2D eigenvalue weighted by atomic mass is 10.0. The second kappa shape index (κ2) is 7.32. The van der Waals surface area contributed by atoms with Gasteiger partial charge in [-0.2, -0.15) is 0 Å². The van der Waals surface area contributed by atoms with Crippen molar-refractivity contribution in [3.8, 4) is 0 Å². The Balaban J connectivity index is 1.71. The molecule has 0 radical (unpaired) electrons. The second-order valence-electron chi connectivity index (χ2n) is 7.41. The molecular formula is C22H26N2O2. The first-order valence-electron chi connectivity index (χ1n) is 9.14. The van der Waals surface area contributed by atoms with Crippen LogP contribution in [0.2, 0.25) is 0 Å². The van der Waals surface area contributed by atoms with Crippen LogP contribution < -0.4 is 10.2 Å². The van der Waals surface area contributed by atoms with Crippen molar-refractivity contribution < 1.29 is 9.59 Å². The van der Waals surface area contributed by atoms with Gasteiger partial charge in [-0.3, -0.25) is 9.59 Å². The Bertz CT molecular complexity index is 804. The van der Waals surface area contributed by atoms with E-state index in [9.17, 15) is 9.59 Å². The summed E-state index contributed by atoms with van der Waals surface area (Å²) >= 11 is 0. The van der Waals surface area contributed by atoms with Crippen molar-refractivity contribution in [1.82, 2.24) is 0 Å². The van der Waals surface area contributed by atoms with Crippen LogP contribution in [0.25, 0.3) is 0 Å². The summed E-state index contributed by atoms with van der Waals surface area (Å²) in [5, 5.41) is 2.95. The van der Waals surface area contributed by atoms with Crippen LogP contribution in [0.1, 0.15) is 42.9 Å². The van der Waals surface area contributed by atoms with Crippen molar-refractivity contribution in [3.05, 3.63) is 59.2 Å². The van der Waals surface area contributed by atoms with Gasteiger partial charge in [0.15, 0.2) is 0 Å². The summed E-state index contributed by atoms with van der Waals surface area (Å²) in [4.78, 5) is 26.9. The predicted octanol–water partition coefficient (Wildman–Crippen LogP) is 4.42. The third kappa shape index (κ3) is 3.64. The Morgan fingerprint density at radius 2 is 1.69 bits per heavy atom. The molecule has 26 heavy (non-hydrogen) atoms. The SMILES string of the molecule is Cc1cccc(C)c1N1CC(C(=O)Nc2ccc(C(C)C)cc2)CC1=O. The summed E-state index contributed by atoms with van der Waals surface area (Å²) in [7, 11) is 0. The van der Waals surface area contributed by atoms with E-state index in [-0.39, 0.29) is 24.2 Å². The first-order valence-corrected chi connectivity index (χ1v) is 9.14. The normalized spacial score (nSPS) is 17.0. The molecular weight excluding hydrogens is 324 g/mol. The van der Waals surface area contributed by atoms with E-state index in [1.807, 2.05) is 56.3 Å². The average molecular weight is 350 g/mol. The molecule has 1 atom stereocenters.